The summed E-state index contributed by atoms with van der Waals surface area (Å²) in [6.07, 6.45) is 1.43. The first kappa shape index (κ1) is 18.1. The maximum absolute atomic E-state index is 12.4. The van der Waals surface area contributed by atoms with E-state index < -0.39 is 0 Å². The lowest BCUT2D eigenvalue weighted by atomic mass is 10.0. The molecule has 1 aliphatic rings. The van der Waals surface area contributed by atoms with Crippen molar-refractivity contribution in [1.82, 2.24) is 15.2 Å². The van der Waals surface area contributed by atoms with Gasteiger partial charge in [0.25, 0.3) is 5.91 Å². The number of aromatic nitrogens is 1. The van der Waals surface area contributed by atoms with Gasteiger partial charge in [0.1, 0.15) is 5.15 Å². The highest BCUT2D eigenvalue weighted by molar-refractivity contribution is 6.41. The number of benzene rings is 1. The van der Waals surface area contributed by atoms with Crippen molar-refractivity contribution in [3.05, 3.63) is 63.9 Å². The molecule has 1 N–H and O–H groups in total. The Morgan fingerprint density at radius 3 is 2.64 bits per heavy atom. The second-order valence-corrected chi connectivity index (χ2v) is 6.55. The standard InChI is InChI=1S/C18H19Cl2N3O2/c19-15-10-14(11-21-17(15)20)18(24)22-12-16(13-4-2-1-3-5-13)23-6-8-25-9-7-23/h1-5,10-11,16H,6-9,12H2,(H,22,24)/t16-/m1/s1. The van der Waals surface area contributed by atoms with E-state index >= 15 is 0 Å². The van der Waals surface area contributed by atoms with Crippen LogP contribution in [0, 0.1) is 0 Å². The average Bonchev–Trinajstić information content (AvgIpc) is 2.66. The van der Waals surface area contributed by atoms with E-state index in [1.165, 1.54) is 12.3 Å². The number of hydrogen-bond donors (Lipinski definition) is 1. The van der Waals surface area contributed by atoms with E-state index in [1.807, 2.05) is 18.2 Å². The smallest absolute Gasteiger partial charge is 0.252 e. The van der Waals surface area contributed by atoms with E-state index in [-0.39, 0.29) is 22.1 Å². The quantitative estimate of drug-likeness (QED) is 0.810. The van der Waals surface area contributed by atoms with Crippen LogP contribution in [0.25, 0.3) is 0 Å². The molecule has 7 heteroatoms. The summed E-state index contributed by atoms with van der Waals surface area (Å²) in [5.74, 6) is -0.222. The highest BCUT2D eigenvalue weighted by Crippen LogP contribution is 2.22. The molecule has 5 nitrogen and oxygen atoms in total. The monoisotopic (exact) mass is 379 g/mol. The third-order valence-electron chi connectivity index (χ3n) is 4.19. The lowest BCUT2D eigenvalue weighted by Gasteiger charge is -2.35. The van der Waals surface area contributed by atoms with Gasteiger partial charge in [-0.3, -0.25) is 9.69 Å². The molecule has 1 aromatic heterocycles. The zero-order valence-electron chi connectivity index (χ0n) is 13.6. The Hall–Kier alpha value is -1.66. The van der Waals surface area contributed by atoms with Crippen molar-refractivity contribution in [2.45, 2.75) is 6.04 Å². The van der Waals surface area contributed by atoms with E-state index in [0.717, 1.165) is 18.7 Å². The summed E-state index contributed by atoms with van der Waals surface area (Å²) >= 11 is 11.7. The first-order chi connectivity index (χ1) is 12.1. The van der Waals surface area contributed by atoms with Gasteiger partial charge in [-0.2, -0.15) is 0 Å². The summed E-state index contributed by atoms with van der Waals surface area (Å²) in [5.41, 5.74) is 1.56. The summed E-state index contributed by atoms with van der Waals surface area (Å²) < 4.78 is 5.44. The zero-order valence-corrected chi connectivity index (χ0v) is 15.1. The molecule has 3 rings (SSSR count). The van der Waals surface area contributed by atoms with Gasteiger partial charge < -0.3 is 10.1 Å². The fourth-order valence-electron chi connectivity index (χ4n) is 2.86. The second kappa shape index (κ2) is 8.63. The molecule has 132 valence electrons. The lowest BCUT2D eigenvalue weighted by molar-refractivity contribution is 0.0162. The van der Waals surface area contributed by atoms with Gasteiger partial charge >= 0.3 is 0 Å². The van der Waals surface area contributed by atoms with Crippen LogP contribution in [-0.2, 0) is 4.74 Å². The third-order valence-corrected chi connectivity index (χ3v) is 4.87. The molecule has 1 atom stereocenters. The van der Waals surface area contributed by atoms with Gasteiger partial charge in [0.05, 0.1) is 29.8 Å². The number of nitrogens with zero attached hydrogens (tertiary/aromatic N) is 2. The molecule has 1 fully saturated rings. The largest absolute Gasteiger partial charge is 0.379 e. The van der Waals surface area contributed by atoms with Crippen LogP contribution in [0.15, 0.2) is 42.6 Å². The molecule has 1 aromatic carbocycles. The SMILES string of the molecule is O=C(NC[C@H](c1ccccc1)N1CCOCC1)c1cnc(Cl)c(Cl)c1. The van der Waals surface area contributed by atoms with Gasteiger partial charge in [-0.15, -0.1) is 0 Å². The minimum atomic E-state index is -0.222. The van der Waals surface area contributed by atoms with Gasteiger partial charge in [0, 0.05) is 25.8 Å². The number of carbonyl (C=O) groups excluding carboxylic acids is 1. The van der Waals surface area contributed by atoms with E-state index in [1.54, 1.807) is 0 Å². The number of ether oxygens (including phenoxy) is 1. The zero-order chi connectivity index (χ0) is 17.6. The molecule has 0 radical (unpaired) electrons. The molecule has 0 aliphatic carbocycles. The Kier molecular flexibility index (Phi) is 6.26. The van der Waals surface area contributed by atoms with Crippen molar-refractivity contribution >= 4 is 29.1 Å². The molecule has 0 bridgehead atoms. The van der Waals surface area contributed by atoms with Crippen LogP contribution in [0.4, 0.5) is 0 Å². The molecule has 1 amide bonds. The van der Waals surface area contributed by atoms with Gasteiger partial charge in [0.15, 0.2) is 0 Å². The maximum Gasteiger partial charge on any atom is 0.252 e. The number of pyridine rings is 1. The molecule has 0 saturated carbocycles. The van der Waals surface area contributed by atoms with Gasteiger partial charge in [-0.1, -0.05) is 53.5 Å². The summed E-state index contributed by atoms with van der Waals surface area (Å²) in [7, 11) is 0. The topological polar surface area (TPSA) is 54.5 Å². The molecule has 25 heavy (non-hydrogen) atoms. The minimum Gasteiger partial charge on any atom is -0.379 e. The Balaban J connectivity index is 1.71. The molecular formula is C18H19Cl2N3O2. The van der Waals surface area contributed by atoms with E-state index in [4.69, 9.17) is 27.9 Å². The van der Waals surface area contributed by atoms with Crippen molar-refractivity contribution in [3.8, 4) is 0 Å². The summed E-state index contributed by atoms with van der Waals surface area (Å²) in [6, 6.07) is 11.8. The number of amides is 1. The van der Waals surface area contributed by atoms with Gasteiger partial charge in [-0.05, 0) is 11.6 Å². The van der Waals surface area contributed by atoms with Crippen molar-refractivity contribution in [2.75, 3.05) is 32.8 Å². The van der Waals surface area contributed by atoms with Crippen molar-refractivity contribution in [3.63, 3.8) is 0 Å². The normalized spacial score (nSPS) is 16.4. The Labute approximate surface area is 156 Å². The fraction of sp³-hybridized carbons (Fsp3) is 0.333. The highest BCUT2D eigenvalue weighted by Gasteiger charge is 2.23. The van der Waals surface area contributed by atoms with E-state index in [2.05, 4.69) is 27.3 Å². The predicted molar refractivity (Wildman–Crippen MR) is 98.2 cm³/mol. The summed E-state index contributed by atoms with van der Waals surface area (Å²) in [4.78, 5) is 18.7. The molecule has 1 aliphatic heterocycles. The van der Waals surface area contributed by atoms with Crippen LogP contribution in [0.1, 0.15) is 22.0 Å². The highest BCUT2D eigenvalue weighted by atomic mass is 35.5. The number of nitrogens with one attached hydrogen (secondary N) is 1. The van der Waals surface area contributed by atoms with Crippen molar-refractivity contribution < 1.29 is 9.53 Å². The van der Waals surface area contributed by atoms with Crippen LogP contribution in [0.5, 0.6) is 0 Å². The first-order valence-electron chi connectivity index (χ1n) is 8.11. The van der Waals surface area contributed by atoms with Gasteiger partial charge in [0.2, 0.25) is 0 Å². The fourth-order valence-corrected chi connectivity index (χ4v) is 3.13. The average molecular weight is 380 g/mol. The van der Waals surface area contributed by atoms with E-state index in [0.29, 0.717) is 25.3 Å². The Bertz CT molecular complexity index is 722. The molecule has 1 saturated heterocycles. The number of rotatable bonds is 5. The second-order valence-electron chi connectivity index (χ2n) is 5.78. The Morgan fingerprint density at radius 2 is 1.96 bits per heavy atom. The van der Waals surface area contributed by atoms with Gasteiger partial charge in [-0.25, -0.2) is 4.98 Å². The number of hydrogen-bond acceptors (Lipinski definition) is 4. The minimum absolute atomic E-state index is 0.0878. The molecule has 0 unspecified atom stereocenters. The third kappa shape index (κ3) is 4.70. The molecule has 0 spiro atoms. The predicted octanol–water partition coefficient (Wildman–Crippen LogP) is 3.19. The number of carbonyl (C=O) groups is 1. The van der Waals surface area contributed by atoms with E-state index in [9.17, 15) is 4.79 Å². The summed E-state index contributed by atoms with van der Waals surface area (Å²) in [6.45, 7) is 3.57. The number of halogens is 2. The van der Waals surface area contributed by atoms with Crippen LogP contribution >= 0.6 is 23.2 Å². The maximum atomic E-state index is 12.4. The molecule has 2 heterocycles. The first-order valence-corrected chi connectivity index (χ1v) is 8.87. The van der Waals surface area contributed by atoms with Crippen LogP contribution in [0.3, 0.4) is 0 Å². The molecule has 2 aromatic rings. The van der Waals surface area contributed by atoms with Crippen LogP contribution in [0.2, 0.25) is 10.2 Å². The number of morpholine rings is 1. The van der Waals surface area contributed by atoms with Crippen molar-refractivity contribution in [1.29, 1.82) is 0 Å². The molecular weight excluding hydrogens is 361 g/mol. The van der Waals surface area contributed by atoms with Crippen molar-refractivity contribution in [2.24, 2.45) is 0 Å². The van der Waals surface area contributed by atoms with Crippen LogP contribution < -0.4 is 5.32 Å². The summed E-state index contributed by atoms with van der Waals surface area (Å²) in [5, 5.41) is 3.43. The van der Waals surface area contributed by atoms with Crippen LogP contribution in [-0.4, -0.2) is 48.6 Å². The Morgan fingerprint density at radius 1 is 1.24 bits per heavy atom. The lowest BCUT2D eigenvalue weighted by Crippen LogP contribution is -2.43.